The van der Waals surface area contributed by atoms with E-state index in [1.54, 1.807) is 26.9 Å². The summed E-state index contributed by atoms with van der Waals surface area (Å²) < 4.78 is 29.6. The quantitative estimate of drug-likeness (QED) is 0.528. The molecule has 3 atom stereocenters. The molecule has 2 aliphatic rings. The van der Waals surface area contributed by atoms with Crippen LogP contribution >= 0.6 is 11.6 Å². The largest absolute Gasteiger partial charge is 0.322 e. The normalized spacial score (nSPS) is 21.9. The number of halogens is 2. The van der Waals surface area contributed by atoms with E-state index >= 15 is 0 Å². The van der Waals surface area contributed by atoms with Gasteiger partial charge >= 0.3 is 6.03 Å². The van der Waals surface area contributed by atoms with Crippen LogP contribution < -0.4 is 14.9 Å². The predicted octanol–water partition coefficient (Wildman–Crippen LogP) is 2.05. The summed E-state index contributed by atoms with van der Waals surface area (Å²) in [6.45, 7) is 3.02. The van der Waals surface area contributed by atoms with E-state index in [1.165, 1.54) is 18.2 Å². The molecular weight excluding hydrogens is 447 g/mol. The van der Waals surface area contributed by atoms with Crippen molar-refractivity contribution in [2.45, 2.75) is 38.5 Å². The molecule has 0 aliphatic carbocycles. The fourth-order valence-corrected chi connectivity index (χ4v) is 4.81. The van der Waals surface area contributed by atoms with E-state index in [-0.39, 0.29) is 42.0 Å². The first-order valence-electron chi connectivity index (χ1n) is 9.77. The summed E-state index contributed by atoms with van der Waals surface area (Å²) in [5.74, 6) is -0.643. The van der Waals surface area contributed by atoms with Gasteiger partial charge in [-0.15, -0.1) is 4.72 Å². The Balaban J connectivity index is 1.52. The van der Waals surface area contributed by atoms with Gasteiger partial charge in [-0.2, -0.15) is 5.10 Å². The minimum atomic E-state index is -1.56. The number of benzene rings is 1. The SMILES string of the molecule is CC1Cn2ncc(N3CC(N[SH+](C)=O)CC3=O)c2CN1C(=O)Nc1ccc(F)c(Cl)c1. The van der Waals surface area contributed by atoms with Crippen LogP contribution in [0.3, 0.4) is 0 Å². The van der Waals surface area contributed by atoms with E-state index in [0.29, 0.717) is 24.5 Å². The van der Waals surface area contributed by atoms with Crippen molar-refractivity contribution in [1.29, 1.82) is 0 Å². The number of rotatable bonds is 4. The average Bonchev–Trinajstić information content (AvgIpc) is 3.25. The van der Waals surface area contributed by atoms with Gasteiger partial charge in [0.2, 0.25) is 5.91 Å². The van der Waals surface area contributed by atoms with Crippen molar-refractivity contribution >= 4 is 45.9 Å². The Labute approximate surface area is 186 Å². The molecule has 0 radical (unpaired) electrons. The Kier molecular flexibility index (Phi) is 6.00. The Hall–Kier alpha value is -2.50. The molecule has 31 heavy (non-hydrogen) atoms. The molecule has 0 saturated carbocycles. The summed E-state index contributed by atoms with van der Waals surface area (Å²) in [5.41, 5.74) is 1.79. The van der Waals surface area contributed by atoms with Gasteiger partial charge in [0.05, 0.1) is 47.8 Å². The Morgan fingerprint density at radius 2 is 2.13 bits per heavy atom. The average molecular weight is 470 g/mol. The standard InChI is InChI=1S/C19H22ClFN6O3S/c1-11-8-27-17(10-25(11)19(29)23-12-3-4-15(21)14(20)5-12)16(7-22-27)26-9-13(6-18(26)28)24-31(2)30/h3-5,7,11,13H,6,8-10H2,1-2H3,(H,23,29)(H,24,30)/p+1. The van der Waals surface area contributed by atoms with Gasteiger partial charge in [0.15, 0.2) is 0 Å². The van der Waals surface area contributed by atoms with Crippen molar-refractivity contribution in [2.75, 3.05) is 23.0 Å². The van der Waals surface area contributed by atoms with Crippen LogP contribution in [-0.4, -0.2) is 51.5 Å². The predicted molar refractivity (Wildman–Crippen MR) is 117 cm³/mol. The number of anilines is 2. The van der Waals surface area contributed by atoms with Crippen LogP contribution in [0.15, 0.2) is 24.4 Å². The van der Waals surface area contributed by atoms with Crippen LogP contribution in [0.5, 0.6) is 0 Å². The second-order valence-electron chi connectivity index (χ2n) is 7.73. The van der Waals surface area contributed by atoms with Gasteiger partial charge in [0, 0.05) is 18.7 Å². The Bertz CT molecular complexity index is 1060. The summed E-state index contributed by atoms with van der Waals surface area (Å²) in [5, 5.41) is 7.07. The van der Waals surface area contributed by atoms with Gasteiger partial charge < -0.3 is 15.1 Å². The van der Waals surface area contributed by atoms with E-state index in [4.69, 9.17) is 11.6 Å². The van der Waals surface area contributed by atoms with Crippen molar-refractivity contribution in [3.63, 3.8) is 0 Å². The molecule has 1 aromatic carbocycles. The highest BCUT2D eigenvalue weighted by Gasteiger charge is 2.37. The molecule has 1 aromatic heterocycles. The van der Waals surface area contributed by atoms with Gasteiger partial charge in [-0.05, 0) is 25.1 Å². The van der Waals surface area contributed by atoms with Crippen LogP contribution in [0.4, 0.5) is 20.6 Å². The zero-order valence-electron chi connectivity index (χ0n) is 17.0. The van der Waals surface area contributed by atoms with Crippen molar-refractivity contribution in [3.8, 4) is 0 Å². The number of aromatic nitrogens is 2. The second-order valence-corrected chi connectivity index (χ2v) is 9.39. The number of thiol groups is 1. The minimum absolute atomic E-state index is 0.0746. The molecule has 166 valence electrons. The number of hydrogen-bond donors (Lipinski definition) is 2. The molecule has 1 fully saturated rings. The molecule has 0 bridgehead atoms. The summed E-state index contributed by atoms with van der Waals surface area (Å²) in [4.78, 5) is 28.7. The second kappa shape index (κ2) is 8.56. The number of amides is 3. The molecule has 1 saturated heterocycles. The lowest BCUT2D eigenvalue weighted by atomic mass is 10.2. The summed E-state index contributed by atoms with van der Waals surface area (Å²) in [7, 11) is -1.56. The number of carbonyl (C=O) groups excluding carboxylic acids is 2. The van der Waals surface area contributed by atoms with Crippen LogP contribution in [0, 0.1) is 5.82 Å². The molecule has 3 unspecified atom stereocenters. The Morgan fingerprint density at radius 3 is 2.84 bits per heavy atom. The maximum absolute atomic E-state index is 13.4. The fourth-order valence-electron chi connectivity index (χ4n) is 3.94. The lowest BCUT2D eigenvalue weighted by Gasteiger charge is -2.35. The van der Waals surface area contributed by atoms with Crippen LogP contribution in [-0.2, 0) is 33.1 Å². The van der Waals surface area contributed by atoms with Crippen LogP contribution in [0.1, 0.15) is 19.0 Å². The third-order valence-electron chi connectivity index (χ3n) is 5.43. The van der Waals surface area contributed by atoms with Crippen molar-refractivity contribution in [1.82, 2.24) is 19.4 Å². The van der Waals surface area contributed by atoms with Crippen molar-refractivity contribution in [2.24, 2.45) is 0 Å². The van der Waals surface area contributed by atoms with Gasteiger partial charge in [0.25, 0.3) is 0 Å². The Morgan fingerprint density at radius 1 is 1.35 bits per heavy atom. The van der Waals surface area contributed by atoms with Gasteiger partial charge in [-0.3, -0.25) is 9.48 Å². The van der Waals surface area contributed by atoms with Crippen molar-refractivity contribution in [3.05, 3.63) is 40.9 Å². The highest BCUT2D eigenvalue weighted by Crippen LogP contribution is 2.30. The zero-order chi connectivity index (χ0) is 22.3. The molecular formula is C19H23ClFN6O3S+. The third kappa shape index (κ3) is 4.43. The van der Waals surface area contributed by atoms with Gasteiger partial charge in [0.1, 0.15) is 23.1 Å². The highest BCUT2D eigenvalue weighted by molar-refractivity contribution is 7.82. The molecule has 2 N–H and O–H groups in total. The highest BCUT2D eigenvalue weighted by atomic mass is 35.5. The van der Waals surface area contributed by atoms with Gasteiger partial charge in [-0.1, -0.05) is 15.8 Å². The lowest BCUT2D eigenvalue weighted by molar-refractivity contribution is -0.117. The number of urea groups is 1. The topological polar surface area (TPSA) is 99.6 Å². The number of fused-ring (bicyclic) bond motifs is 1. The maximum atomic E-state index is 13.4. The molecule has 9 nitrogen and oxygen atoms in total. The number of nitrogens with one attached hydrogen (secondary N) is 2. The van der Waals surface area contributed by atoms with E-state index < -0.39 is 16.8 Å². The molecule has 12 heteroatoms. The maximum Gasteiger partial charge on any atom is 0.322 e. The molecule has 3 heterocycles. The number of hydrogen-bond acceptors (Lipinski definition) is 4. The van der Waals surface area contributed by atoms with E-state index in [2.05, 4.69) is 15.1 Å². The molecule has 4 rings (SSSR count). The van der Waals surface area contributed by atoms with Crippen LogP contribution in [0.2, 0.25) is 5.02 Å². The smallest absolute Gasteiger partial charge is 0.314 e. The number of nitrogens with zero attached hydrogens (tertiary/aromatic N) is 4. The fraction of sp³-hybridized carbons (Fsp3) is 0.421. The van der Waals surface area contributed by atoms with E-state index in [1.807, 2.05) is 6.92 Å². The zero-order valence-corrected chi connectivity index (χ0v) is 18.7. The van der Waals surface area contributed by atoms with E-state index in [0.717, 1.165) is 5.69 Å². The van der Waals surface area contributed by atoms with Crippen LogP contribution in [0.25, 0.3) is 0 Å². The van der Waals surface area contributed by atoms with Gasteiger partial charge in [-0.25, -0.2) is 9.18 Å². The molecule has 0 spiro atoms. The first kappa shape index (κ1) is 21.7. The number of carbonyl (C=O) groups is 2. The minimum Gasteiger partial charge on any atom is -0.314 e. The first-order valence-corrected chi connectivity index (χ1v) is 11.9. The summed E-state index contributed by atoms with van der Waals surface area (Å²) in [6, 6.07) is 3.29. The monoisotopic (exact) mass is 469 g/mol. The van der Waals surface area contributed by atoms with E-state index in [9.17, 15) is 18.2 Å². The lowest BCUT2D eigenvalue weighted by Crippen LogP contribution is -2.47. The summed E-state index contributed by atoms with van der Waals surface area (Å²) in [6.07, 6.45) is 3.46. The molecule has 3 amide bonds. The van der Waals surface area contributed by atoms with Crippen molar-refractivity contribution < 1.29 is 18.2 Å². The molecule has 2 aromatic rings. The first-order chi connectivity index (χ1) is 14.7. The third-order valence-corrected chi connectivity index (χ3v) is 6.45. The molecule has 2 aliphatic heterocycles. The summed E-state index contributed by atoms with van der Waals surface area (Å²) >= 11 is 5.80.